The fraction of sp³-hybridized carbons (Fsp3) is 0.350. The number of benzene rings is 1. The van der Waals surface area contributed by atoms with Crippen LogP contribution in [0.3, 0.4) is 0 Å². The van der Waals surface area contributed by atoms with E-state index in [0.29, 0.717) is 17.2 Å². The van der Waals surface area contributed by atoms with Crippen molar-refractivity contribution < 1.29 is 14.3 Å². The Morgan fingerprint density at radius 2 is 1.93 bits per heavy atom. The predicted octanol–water partition coefficient (Wildman–Crippen LogP) is 2.77. The lowest BCUT2D eigenvalue weighted by molar-refractivity contribution is 0.246. The van der Waals surface area contributed by atoms with Gasteiger partial charge in [-0.05, 0) is 31.0 Å². The lowest BCUT2D eigenvalue weighted by Gasteiger charge is -2.33. The number of aromatic nitrogens is 3. The molecule has 29 heavy (non-hydrogen) atoms. The number of anilines is 2. The molecule has 2 aromatic heterocycles. The van der Waals surface area contributed by atoms with E-state index in [1.807, 2.05) is 12.3 Å². The molecule has 2 amide bonds. The SMILES string of the molecule is COc1ccc(NC(=O)NC2CCN(c3ncnc4[nH]ccc34)CC2)cc1OC. The molecule has 1 fully saturated rings. The Balaban J connectivity index is 1.33. The fourth-order valence-electron chi connectivity index (χ4n) is 3.61. The van der Waals surface area contributed by atoms with Crippen LogP contribution in [0.1, 0.15) is 12.8 Å². The van der Waals surface area contributed by atoms with Crippen LogP contribution in [-0.2, 0) is 0 Å². The molecule has 0 unspecified atom stereocenters. The van der Waals surface area contributed by atoms with Crippen LogP contribution in [-0.4, -0.2) is 54.3 Å². The molecule has 4 rings (SSSR count). The number of ether oxygens (including phenoxy) is 2. The number of nitrogens with one attached hydrogen (secondary N) is 3. The maximum Gasteiger partial charge on any atom is 0.319 e. The molecule has 1 aliphatic rings. The number of H-pyrrole nitrogens is 1. The van der Waals surface area contributed by atoms with Gasteiger partial charge in [-0.3, -0.25) is 0 Å². The standard InChI is InChI=1S/C20H24N6O3/c1-28-16-4-3-14(11-17(16)29-2)25-20(27)24-13-6-9-26(10-7-13)19-15-5-8-21-18(15)22-12-23-19/h3-5,8,11-13H,6-7,9-10H2,1-2H3,(H,21,22,23)(H2,24,25,27). The molecule has 152 valence electrons. The molecular weight excluding hydrogens is 372 g/mol. The van der Waals surface area contributed by atoms with Gasteiger partial charge < -0.3 is 30.0 Å². The summed E-state index contributed by atoms with van der Waals surface area (Å²) in [5.74, 6) is 2.12. The molecule has 1 aliphatic heterocycles. The van der Waals surface area contributed by atoms with Crippen molar-refractivity contribution in [1.29, 1.82) is 0 Å². The molecule has 0 saturated carbocycles. The van der Waals surface area contributed by atoms with E-state index in [9.17, 15) is 4.79 Å². The Kier molecular flexibility index (Phi) is 5.37. The first kappa shape index (κ1) is 18.9. The number of carbonyl (C=O) groups excluding carboxylic acids is 1. The Morgan fingerprint density at radius 3 is 2.69 bits per heavy atom. The van der Waals surface area contributed by atoms with Crippen LogP contribution in [0.2, 0.25) is 0 Å². The summed E-state index contributed by atoms with van der Waals surface area (Å²) >= 11 is 0. The third-order valence-corrected chi connectivity index (χ3v) is 5.10. The van der Waals surface area contributed by atoms with Crippen LogP contribution in [0.15, 0.2) is 36.8 Å². The van der Waals surface area contributed by atoms with Crippen molar-refractivity contribution in [3.05, 3.63) is 36.8 Å². The molecule has 3 heterocycles. The summed E-state index contributed by atoms with van der Waals surface area (Å²) in [6.07, 6.45) is 5.13. The third kappa shape index (κ3) is 4.03. The minimum absolute atomic E-state index is 0.106. The highest BCUT2D eigenvalue weighted by atomic mass is 16.5. The molecule has 3 N–H and O–H groups in total. The number of piperidine rings is 1. The maximum absolute atomic E-state index is 12.4. The minimum atomic E-state index is -0.231. The van der Waals surface area contributed by atoms with Crippen LogP contribution < -0.4 is 25.0 Å². The number of nitrogens with zero attached hydrogens (tertiary/aromatic N) is 3. The molecule has 1 aromatic carbocycles. The van der Waals surface area contributed by atoms with Crippen molar-refractivity contribution in [2.45, 2.75) is 18.9 Å². The second kappa shape index (κ2) is 8.26. The van der Waals surface area contributed by atoms with Gasteiger partial charge in [0, 0.05) is 37.1 Å². The van der Waals surface area contributed by atoms with Crippen molar-refractivity contribution >= 4 is 28.6 Å². The maximum atomic E-state index is 12.4. The molecule has 0 radical (unpaired) electrons. The van der Waals surface area contributed by atoms with Gasteiger partial charge >= 0.3 is 6.03 Å². The molecule has 0 bridgehead atoms. The smallest absolute Gasteiger partial charge is 0.319 e. The van der Waals surface area contributed by atoms with E-state index in [-0.39, 0.29) is 12.1 Å². The van der Waals surface area contributed by atoms with Gasteiger partial charge in [-0.1, -0.05) is 0 Å². The molecule has 0 atom stereocenters. The number of urea groups is 1. The van der Waals surface area contributed by atoms with Gasteiger partial charge in [0.15, 0.2) is 11.5 Å². The highest BCUT2D eigenvalue weighted by molar-refractivity contribution is 5.90. The van der Waals surface area contributed by atoms with Gasteiger partial charge in [0.2, 0.25) is 0 Å². The number of carbonyl (C=O) groups is 1. The predicted molar refractivity (Wildman–Crippen MR) is 111 cm³/mol. The van der Waals surface area contributed by atoms with Crippen molar-refractivity contribution in [1.82, 2.24) is 20.3 Å². The first-order chi connectivity index (χ1) is 14.2. The third-order valence-electron chi connectivity index (χ3n) is 5.10. The van der Waals surface area contributed by atoms with Crippen LogP contribution in [0.5, 0.6) is 11.5 Å². The Bertz CT molecular complexity index is 997. The van der Waals surface area contributed by atoms with Gasteiger partial charge in [-0.15, -0.1) is 0 Å². The van der Waals surface area contributed by atoms with Crippen LogP contribution in [0.25, 0.3) is 11.0 Å². The Labute approximate surface area is 168 Å². The van der Waals surface area contributed by atoms with E-state index in [1.165, 1.54) is 0 Å². The van der Waals surface area contributed by atoms with Crippen LogP contribution in [0.4, 0.5) is 16.3 Å². The van der Waals surface area contributed by atoms with Crippen LogP contribution in [0, 0.1) is 0 Å². The molecule has 1 saturated heterocycles. The molecule has 9 nitrogen and oxygen atoms in total. The number of rotatable bonds is 5. The average molecular weight is 396 g/mol. The van der Waals surface area contributed by atoms with Gasteiger partial charge in [0.1, 0.15) is 17.8 Å². The molecule has 3 aromatic rings. The van der Waals surface area contributed by atoms with Crippen molar-refractivity contribution in [2.75, 3.05) is 37.5 Å². The highest BCUT2D eigenvalue weighted by Crippen LogP contribution is 2.30. The van der Waals surface area contributed by atoms with Gasteiger partial charge in [0.05, 0.1) is 19.6 Å². The van der Waals surface area contributed by atoms with E-state index < -0.39 is 0 Å². The van der Waals surface area contributed by atoms with Crippen LogP contribution >= 0.6 is 0 Å². The summed E-state index contributed by atoms with van der Waals surface area (Å²) in [6, 6.07) is 7.14. The zero-order chi connectivity index (χ0) is 20.2. The number of hydrogen-bond donors (Lipinski definition) is 3. The number of fused-ring (bicyclic) bond motifs is 1. The Morgan fingerprint density at radius 1 is 1.14 bits per heavy atom. The number of methoxy groups -OCH3 is 2. The second-order valence-corrected chi connectivity index (χ2v) is 6.87. The molecule has 9 heteroatoms. The molecular formula is C20H24N6O3. The molecule has 0 spiro atoms. The van der Waals surface area contributed by atoms with E-state index in [0.717, 1.165) is 42.8 Å². The highest BCUT2D eigenvalue weighted by Gasteiger charge is 2.23. The second-order valence-electron chi connectivity index (χ2n) is 6.87. The lowest BCUT2D eigenvalue weighted by atomic mass is 10.1. The van der Waals surface area contributed by atoms with E-state index in [4.69, 9.17) is 9.47 Å². The average Bonchev–Trinajstić information content (AvgIpc) is 3.23. The first-order valence-corrected chi connectivity index (χ1v) is 9.50. The number of aromatic amines is 1. The summed E-state index contributed by atoms with van der Waals surface area (Å²) < 4.78 is 10.5. The summed E-state index contributed by atoms with van der Waals surface area (Å²) in [5, 5.41) is 6.92. The summed E-state index contributed by atoms with van der Waals surface area (Å²) in [6.45, 7) is 1.64. The lowest BCUT2D eigenvalue weighted by Crippen LogP contribution is -2.46. The van der Waals surface area contributed by atoms with Crippen molar-refractivity contribution in [2.24, 2.45) is 0 Å². The summed E-state index contributed by atoms with van der Waals surface area (Å²) in [7, 11) is 3.14. The van der Waals surface area contributed by atoms with E-state index >= 15 is 0 Å². The topological polar surface area (TPSA) is 104 Å². The normalized spacial score (nSPS) is 14.6. The zero-order valence-electron chi connectivity index (χ0n) is 16.4. The number of amides is 2. The van der Waals surface area contributed by atoms with E-state index in [1.54, 1.807) is 38.7 Å². The van der Waals surface area contributed by atoms with Crippen molar-refractivity contribution in [3.8, 4) is 11.5 Å². The van der Waals surface area contributed by atoms with Crippen molar-refractivity contribution in [3.63, 3.8) is 0 Å². The zero-order valence-corrected chi connectivity index (χ0v) is 16.4. The van der Waals surface area contributed by atoms with Gasteiger partial charge in [-0.25, -0.2) is 14.8 Å². The number of hydrogen-bond acceptors (Lipinski definition) is 6. The largest absolute Gasteiger partial charge is 0.493 e. The first-order valence-electron chi connectivity index (χ1n) is 9.50. The molecule has 0 aliphatic carbocycles. The van der Waals surface area contributed by atoms with Gasteiger partial charge in [0.25, 0.3) is 0 Å². The summed E-state index contributed by atoms with van der Waals surface area (Å²) in [5.41, 5.74) is 1.48. The monoisotopic (exact) mass is 396 g/mol. The summed E-state index contributed by atoms with van der Waals surface area (Å²) in [4.78, 5) is 26.4. The van der Waals surface area contributed by atoms with E-state index in [2.05, 4.69) is 30.5 Å². The Hall–Kier alpha value is -3.49. The quantitative estimate of drug-likeness (QED) is 0.613. The minimum Gasteiger partial charge on any atom is -0.493 e. The fourth-order valence-corrected chi connectivity index (χ4v) is 3.61. The van der Waals surface area contributed by atoms with Gasteiger partial charge in [-0.2, -0.15) is 0 Å².